The lowest BCUT2D eigenvalue weighted by Gasteiger charge is -2.30. The van der Waals surface area contributed by atoms with Gasteiger partial charge >= 0.3 is 6.09 Å². The molecule has 1 aliphatic heterocycles. The zero-order valence-corrected chi connectivity index (χ0v) is 8.90. The average Bonchev–Trinajstić information content (AvgIpc) is 2.17. The van der Waals surface area contributed by atoms with Crippen LogP contribution in [0.15, 0.2) is 11.8 Å². The predicted octanol–water partition coefficient (Wildman–Crippen LogP) is 1.25. The van der Waals surface area contributed by atoms with Crippen molar-refractivity contribution in [3.63, 3.8) is 0 Å². The van der Waals surface area contributed by atoms with Crippen LogP contribution in [0, 0.1) is 0 Å². The topological polar surface area (TPSA) is 66.8 Å². The lowest BCUT2D eigenvalue weighted by Crippen LogP contribution is -2.46. The molecule has 84 valence electrons. The maximum absolute atomic E-state index is 11.5. The average molecular weight is 213 g/mol. The predicted molar refractivity (Wildman–Crippen MR) is 53.5 cm³/mol. The minimum atomic E-state index is -0.696. The molecule has 0 spiro atoms. The highest BCUT2D eigenvalue weighted by Crippen LogP contribution is 2.16. The van der Waals surface area contributed by atoms with Gasteiger partial charge in [-0.25, -0.2) is 4.79 Å². The summed E-state index contributed by atoms with van der Waals surface area (Å²) in [4.78, 5) is 24.0. The van der Waals surface area contributed by atoms with Crippen LogP contribution in [0.2, 0.25) is 0 Å². The van der Waals surface area contributed by atoms with E-state index in [9.17, 15) is 14.7 Å². The van der Waals surface area contributed by atoms with E-state index in [2.05, 4.69) is 0 Å². The second-order valence-corrected chi connectivity index (χ2v) is 3.36. The van der Waals surface area contributed by atoms with Crippen LogP contribution in [-0.2, 0) is 9.53 Å². The first-order valence-electron chi connectivity index (χ1n) is 4.89. The van der Waals surface area contributed by atoms with Crippen molar-refractivity contribution in [1.29, 1.82) is 0 Å². The summed E-state index contributed by atoms with van der Waals surface area (Å²) in [5.41, 5.74) is 0. The van der Waals surface area contributed by atoms with Crippen LogP contribution in [0.3, 0.4) is 0 Å². The molecule has 5 heteroatoms. The van der Waals surface area contributed by atoms with Gasteiger partial charge < -0.3 is 9.84 Å². The molecule has 0 fully saturated rings. The summed E-state index contributed by atoms with van der Waals surface area (Å²) in [5.74, 6) is -0.0370. The van der Waals surface area contributed by atoms with Crippen molar-refractivity contribution in [2.75, 3.05) is 13.2 Å². The molecule has 1 unspecified atom stereocenters. The molecule has 0 aromatic rings. The quantitative estimate of drug-likeness (QED) is 0.749. The van der Waals surface area contributed by atoms with Crippen LogP contribution in [0.5, 0.6) is 0 Å². The van der Waals surface area contributed by atoms with Crippen LogP contribution in [-0.4, -0.2) is 41.1 Å². The van der Waals surface area contributed by atoms with E-state index in [0.717, 1.165) is 0 Å². The molecule has 1 heterocycles. The molecule has 0 bridgehead atoms. The van der Waals surface area contributed by atoms with E-state index in [1.807, 2.05) is 0 Å². The van der Waals surface area contributed by atoms with Crippen molar-refractivity contribution in [2.45, 2.75) is 26.3 Å². The van der Waals surface area contributed by atoms with E-state index in [1.165, 1.54) is 17.9 Å². The smallest absolute Gasteiger partial charge is 0.410 e. The molecule has 1 rings (SSSR count). The maximum atomic E-state index is 11.5. The lowest BCUT2D eigenvalue weighted by molar-refractivity contribution is -0.120. The molecular formula is C10H15NO4. The number of amides is 1. The largest absolute Gasteiger partial charge is 0.512 e. The number of rotatable bonds is 2. The van der Waals surface area contributed by atoms with Gasteiger partial charge in [-0.1, -0.05) is 0 Å². The first-order valence-corrected chi connectivity index (χ1v) is 4.89. The molecule has 15 heavy (non-hydrogen) atoms. The molecule has 0 aliphatic carbocycles. The van der Waals surface area contributed by atoms with Gasteiger partial charge in [0, 0.05) is 13.0 Å². The third kappa shape index (κ3) is 2.71. The van der Waals surface area contributed by atoms with Crippen molar-refractivity contribution < 1.29 is 19.4 Å². The van der Waals surface area contributed by atoms with Gasteiger partial charge in [0.2, 0.25) is 0 Å². The molecule has 1 N–H and O–H groups in total. The van der Waals surface area contributed by atoms with E-state index in [4.69, 9.17) is 4.74 Å². The summed E-state index contributed by atoms with van der Waals surface area (Å²) in [7, 11) is 0. The Morgan fingerprint density at radius 2 is 2.33 bits per heavy atom. The SMILES string of the molecule is CCOC(=O)N1CCC(O)=CC1C(C)=O. The molecule has 0 aromatic carbocycles. The van der Waals surface area contributed by atoms with E-state index >= 15 is 0 Å². The summed E-state index contributed by atoms with van der Waals surface area (Å²) < 4.78 is 4.82. The van der Waals surface area contributed by atoms with Gasteiger partial charge in [0.25, 0.3) is 0 Å². The molecule has 5 nitrogen and oxygen atoms in total. The van der Waals surface area contributed by atoms with E-state index < -0.39 is 12.1 Å². The maximum Gasteiger partial charge on any atom is 0.410 e. The van der Waals surface area contributed by atoms with Gasteiger partial charge in [0.05, 0.1) is 12.4 Å². The number of Topliss-reactive ketones (excluding diaryl/α,β-unsaturated/α-hetero) is 1. The van der Waals surface area contributed by atoms with E-state index in [-0.39, 0.29) is 18.1 Å². The molecule has 1 atom stereocenters. The number of nitrogens with zero attached hydrogens (tertiary/aromatic N) is 1. The van der Waals surface area contributed by atoms with Gasteiger partial charge in [0.15, 0.2) is 5.78 Å². The number of hydrogen-bond donors (Lipinski definition) is 1. The highest BCUT2D eigenvalue weighted by molar-refractivity contribution is 5.87. The second-order valence-electron chi connectivity index (χ2n) is 3.36. The number of ether oxygens (including phenoxy) is 1. The molecule has 1 aliphatic rings. The Kier molecular flexibility index (Phi) is 3.71. The van der Waals surface area contributed by atoms with E-state index in [0.29, 0.717) is 13.0 Å². The van der Waals surface area contributed by atoms with Crippen molar-refractivity contribution in [1.82, 2.24) is 4.90 Å². The normalized spacial score (nSPS) is 20.8. The first kappa shape index (κ1) is 11.6. The molecule has 0 radical (unpaired) electrons. The zero-order valence-electron chi connectivity index (χ0n) is 8.90. The molecule has 0 saturated heterocycles. The molecule has 0 saturated carbocycles. The van der Waals surface area contributed by atoms with Crippen molar-refractivity contribution in [3.05, 3.63) is 11.8 Å². The number of hydrogen-bond acceptors (Lipinski definition) is 4. The van der Waals surface area contributed by atoms with Crippen molar-refractivity contribution in [2.24, 2.45) is 0 Å². The van der Waals surface area contributed by atoms with Crippen LogP contribution < -0.4 is 0 Å². The van der Waals surface area contributed by atoms with Crippen molar-refractivity contribution in [3.8, 4) is 0 Å². The number of carbonyl (C=O) groups is 2. The van der Waals surface area contributed by atoms with Crippen LogP contribution >= 0.6 is 0 Å². The van der Waals surface area contributed by atoms with Gasteiger partial charge in [-0.15, -0.1) is 0 Å². The Balaban J connectivity index is 2.80. The molecule has 0 aromatic heterocycles. The first-order chi connectivity index (χ1) is 7.06. The van der Waals surface area contributed by atoms with Gasteiger partial charge in [-0.2, -0.15) is 0 Å². The fourth-order valence-corrected chi connectivity index (χ4v) is 1.48. The minimum absolute atomic E-state index is 0.149. The second kappa shape index (κ2) is 4.82. The summed E-state index contributed by atoms with van der Waals surface area (Å²) in [6.45, 7) is 3.67. The van der Waals surface area contributed by atoms with Crippen LogP contribution in [0.4, 0.5) is 4.79 Å². The summed E-state index contributed by atoms with van der Waals surface area (Å²) in [5, 5.41) is 9.29. The zero-order chi connectivity index (χ0) is 11.4. The highest BCUT2D eigenvalue weighted by Gasteiger charge is 2.30. The highest BCUT2D eigenvalue weighted by atomic mass is 16.6. The lowest BCUT2D eigenvalue weighted by atomic mass is 10.1. The molecular weight excluding hydrogens is 198 g/mol. The fourth-order valence-electron chi connectivity index (χ4n) is 1.48. The van der Waals surface area contributed by atoms with Gasteiger partial charge in [0.1, 0.15) is 6.04 Å². The monoisotopic (exact) mass is 213 g/mol. The Labute approximate surface area is 88.3 Å². The third-order valence-corrected chi connectivity index (χ3v) is 2.21. The van der Waals surface area contributed by atoms with Gasteiger partial charge in [-0.05, 0) is 19.9 Å². The van der Waals surface area contributed by atoms with Crippen LogP contribution in [0.25, 0.3) is 0 Å². The summed E-state index contributed by atoms with van der Waals surface area (Å²) >= 11 is 0. The third-order valence-electron chi connectivity index (χ3n) is 2.21. The summed E-state index contributed by atoms with van der Waals surface area (Å²) in [6, 6.07) is -0.696. The van der Waals surface area contributed by atoms with Crippen LogP contribution in [0.1, 0.15) is 20.3 Å². The fraction of sp³-hybridized carbons (Fsp3) is 0.600. The number of aliphatic hydroxyl groups is 1. The standard InChI is InChI=1S/C10H15NO4/c1-3-15-10(14)11-5-4-8(13)6-9(11)7(2)12/h6,9,13H,3-5H2,1-2H3. The Bertz CT molecular complexity index is 298. The minimum Gasteiger partial charge on any atom is -0.512 e. The Morgan fingerprint density at radius 1 is 1.67 bits per heavy atom. The summed E-state index contributed by atoms with van der Waals surface area (Å²) in [6.07, 6.45) is 1.24. The number of ketones is 1. The number of aliphatic hydroxyl groups excluding tert-OH is 1. The van der Waals surface area contributed by atoms with E-state index in [1.54, 1.807) is 6.92 Å². The number of carbonyl (C=O) groups excluding carboxylic acids is 2. The Morgan fingerprint density at radius 3 is 2.87 bits per heavy atom. The van der Waals surface area contributed by atoms with Gasteiger partial charge in [-0.3, -0.25) is 9.69 Å². The Hall–Kier alpha value is -1.52. The molecule has 1 amide bonds. The van der Waals surface area contributed by atoms with Crippen molar-refractivity contribution >= 4 is 11.9 Å².